The quantitative estimate of drug-likeness (QED) is 0.392. The number of carbonyl (C=O) groups excluding carboxylic acids is 1. The van der Waals surface area contributed by atoms with Crippen LogP contribution < -0.4 is 0 Å². The molecule has 2 fully saturated rings. The number of ketones is 1. The van der Waals surface area contributed by atoms with Crippen LogP contribution in [0.3, 0.4) is 0 Å². The summed E-state index contributed by atoms with van der Waals surface area (Å²) in [5.74, 6) is -2.59. The summed E-state index contributed by atoms with van der Waals surface area (Å²) in [6.07, 6.45) is -1.96. The number of hydrogen-bond acceptors (Lipinski definition) is 7. The van der Waals surface area contributed by atoms with Crippen molar-refractivity contribution in [2.24, 2.45) is 23.7 Å². The third-order valence-electron chi connectivity index (χ3n) is 8.74. The van der Waals surface area contributed by atoms with Crippen LogP contribution >= 0.6 is 0 Å². The van der Waals surface area contributed by atoms with Gasteiger partial charge in [-0.15, -0.1) is 0 Å². The van der Waals surface area contributed by atoms with Gasteiger partial charge < -0.3 is 28.5 Å². The van der Waals surface area contributed by atoms with Crippen molar-refractivity contribution in [3.8, 4) is 0 Å². The summed E-state index contributed by atoms with van der Waals surface area (Å²) < 4.78 is 30.9. The average Bonchev–Trinajstić information content (AvgIpc) is 3.10. The molecule has 212 valence electrons. The molecule has 0 aromatic carbocycles. The first-order chi connectivity index (χ1) is 16.1. The molecule has 0 unspecified atom stereocenters. The zero-order chi connectivity index (χ0) is 28.0. The summed E-state index contributed by atoms with van der Waals surface area (Å²) in [5.41, 5.74) is 0. The Morgan fingerprint density at radius 3 is 1.97 bits per heavy atom. The van der Waals surface area contributed by atoms with Crippen molar-refractivity contribution in [1.29, 1.82) is 0 Å². The largest absolute Gasteiger partial charge is 0.414 e. The zero-order valence-electron chi connectivity index (χ0n) is 25.3. The number of aliphatic hydroxyl groups is 1. The van der Waals surface area contributed by atoms with Gasteiger partial charge in [0.25, 0.3) is 0 Å². The van der Waals surface area contributed by atoms with E-state index in [1.54, 1.807) is 6.92 Å². The Bertz CT molecular complexity index is 759. The van der Waals surface area contributed by atoms with E-state index in [2.05, 4.69) is 54.6 Å². The Kier molecular flexibility index (Phi) is 9.76. The minimum atomic E-state index is -1.95. The van der Waals surface area contributed by atoms with E-state index in [-0.39, 0.29) is 47.6 Å². The van der Waals surface area contributed by atoms with E-state index in [0.29, 0.717) is 0 Å². The molecule has 0 aromatic heterocycles. The van der Waals surface area contributed by atoms with E-state index in [9.17, 15) is 9.90 Å². The molecule has 2 aliphatic heterocycles. The van der Waals surface area contributed by atoms with Gasteiger partial charge in [0.1, 0.15) is 11.9 Å². The Morgan fingerprint density at radius 1 is 0.972 bits per heavy atom. The second-order valence-electron chi connectivity index (χ2n) is 13.7. The molecule has 8 heteroatoms. The van der Waals surface area contributed by atoms with Gasteiger partial charge in [-0.1, -0.05) is 48.5 Å². The summed E-state index contributed by atoms with van der Waals surface area (Å²) >= 11 is 0. The van der Waals surface area contributed by atoms with Crippen LogP contribution in [0, 0.1) is 23.7 Å². The zero-order valence-corrected chi connectivity index (χ0v) is 26.3. The molecular weight excluding hydrogens is 476 g/mol. The van der Waals surface area contributed by atoms with E-state index < -0.39 is 43.9 Å². The fourth-order valence-corrected chi connectivity index (χ4v) is 6.69. The Morgan fingerprint density at radius 2 is 1.50 bits per heavy atom. The van der Waals surface area contributed by atoms with Crippen LogP contribution in [0.2, 0.25) is 18.1 Å². The van der Waals surface area contributed by atoms with E-state index in [4.69, 9.17) is 23.4 Å². The van der Waals surface area contributed by atoms with Gasteiger partial charge in [-0.2, -0.15) is 0 Å². The highest BCUT2D eigenvalue weighted by Crippen LogP contribution is 2.42. The molecule has 0 aromatic rings. The van der Waals surface area contributed by atoms with Crippen molar-refractivity contribution in [3.05, 3.63) is 0 Å². The van der Waals surface area contributed by atoms with Crippen LogP contribution in [0.1, 0.15) is 83.1 Å². The fourth-order valence-electron chi connectivity index (χ4n) is 5.19. The van der Waals surface area contributed by atoms with Gasteiger partial charge in [-0.05, 0) is 52.8 Å². The molecule has 1 N–H and O–H groups in total. The van der Waals surface area contributed by atoms with Gasteiger partial charge in [0.15, 0.2) is 19.9 Å². The molecule has 0 saturated carbocycles. The van der Waals surface area contributed by atoms with Crippen molar-refractivity contribution >= 4 is 14.1 Å². The summed E-state index contributed by atoms with van der Waals surface area (Å²) in [5, 5.41) is 11.0. The second-order valence-corrected chi connectivity index (χ2v) is 18.5. The first-order valence-corrected chi connectivity index (χ1v) is 16.6. The predicted molar refractivity (Wildman–Crippen MR) is 144 cm³/mol. The lowest BCUT2D eigenvalue weighted by atomic mass is 9.77. The molecule has 7 nitrogen and oxygen atoms in total. The highest BCUT2D eigenvalue weighted by Gasteiger charge is 2.50. The molecule has 0 bridgehead atoms. The maximum atomic E-state index is 13.6. The van der Waals surface area contributed by atoms with Gasteiger partial charge in [0.05, 0.1) is 24.9 Å². The molecule has 2 heterocycles. The minimum Gasteiger partial charge on any atom is -0.414 e. The topological polar surface area (TPSA) is 83.5 Å². The van der Waals surface area contributed by atoms with E-state index in [1.165, 1.54) is 0 Å². The van der Waals surface area contributed by atoms with E-state index in [0.717, 1.165) is 0 Å². The standard InChI is InChI=1S/C28H54O7Si/c1-16(20(5)35-36(13,14)26(6,7)8)24-19(4)25(34-28(11,12)33-24)18(3)22(29)17(2)23(30)21-15-31-27(9,10)32-21/h16-21,23-25,30H,15H2,1-14H3/t16-,17-,18+,19+,20-,21+,23+,24-,25+/m0/s1. The number of aliphatic hydroxyl groups excluding tert-OH is 1. The van der Waals surface area contributed by atoms with Crippen molar-refractivity contribution in [3.63, 3.8) is 0 Å². The second kappa shape index (κ2) is 11.0. The molecule has 0 amide bonds. The van der Waals surface area contributed by atoms with Gasteiger partial charge in [0, 0.05) is 29.8 Å². The van der Waals surface area contributed by atoms with E-state index in [1.807, 2.05) is 34.6 Å². The predicted octanol–water partition coefficient (Wildman–Crippen LogP) is 5.54. The van der Waals surface area contributed by atoms with Gasteiger partial charge >= 0.3 is 0 Å². The third-order valence-corrected chi connectivity index (χ3v) is 13.3. The number of hydrogen-bond donors (Lipinski definition) is 1. The lowest BCUT2D eigenvalue weighted by molar-refractivity contribution is -0.335. The fraction of sp³-hybridized carbons (Fsp3) is 0.964. The lowest BCUT2D eigenvalue weighted by Gasteiger charge is -2.50. The molecule has 36 heavy (non-hydrogen) atoms. The molecule has 2 aliphatic rings. The summed E-state index contributed by atoms with van der Waals surface area (Å²) in [6.45, 7) is 29.1. The maximum Gasteiger partial charge on any atom is 0.192 e. The third kappa shape index (κ3) is 7.19. The van der Waals surface area contributed by atoms with Crippen molar-refractivity contribution in [1.82, 2.24) is 0 Å². The van der Waals surface area contributed by atoms with Crippen LogP contribution in [-0.2, 0) is 28.2 Å². The molecule has 2 rings (SSSR count). The number of Topliss-reactive ketones (excluding diaryl/α,β-unsaturated/α-hetero) is 1. The highest BCUT2D eigenvalue weighted by molar-refractivity contribution is 6.74. The number of rotatable bonds is 9. The Hall–Kier alpha value is -0.353. The number of carbonyl (C=O) groups is 1. The summed E-state index contributed by atoms with van der Waals surface area (Å²) in [6, 6.07) is 0. The first kappa shape index (κ1) is 31.9. The van der Waals surface area contributed by atoms with Crippen molar-refractivity contribution < 1.29 is 33.3 Å². The minimum absolute atomic E-state index is 0.00233. The van der Waals surface area contributed by atoms with Crippen molar-refractivity contribution in [2.45, 2.75) is 143 Å². The molecule has 9 atom stereocenters. The maximum absolute atomic E-state index is 13.6. The Labute approximate surface area is 221 Å². The molecule has 0 aliphatic carbocycles. The van der Waals surface area contributed by atoms with Crippen LogP contribution in [0.25, 0.3) is 0 Å². The van der Waals surface area contributed by atoms with Crippen molar-refractivity contribution in [2.75, 3.05) is 6.61 Å². The van der Waals surface area contributed by atoms with Crippen LogP contribution in [0.15, 0.2) is 0 Å². The molecular formula is C28H54O7Si. The van der Waals surface area contributed by atoms with Crippen LogP contribution in [0.5, 0.6) is 0 Å². The molecule has 2 saturated heterocycles. The lowest BCUT2D eigenvalue weighted by Crippen LogP contribution is -2.57. The van der Waals surface area contributed by atoms with E-state index >= 15 is 0 Å². The SMILES string of the molecule is C[C@@H]1[C@H]([C@@H](C)[C@H](C)O[Si](C)(C)C(C)(C)C)OC(C)(C)O[C@@H]1[C@H](C)C(=O)[C@H](C)[C@@H](O)[C@H]1COC(C)(C)O1. The van der Waals surface area contributed by atoms with Crippen LogP contribution in [0.4, 0.5) is 0 Å². The smallest absolute Gasteiger partial charge is 0.192 e. The molecule has 0 radical (unpaired) electrons. The van der Waals surface area contributed by atoms with Gasteiger partial charge in [0.2, 0.25) is 0 Å². The monoisotopic (exact) mass is 530 g/mol. The Balaban J connectivity index is 2.17. The van der Waals surface area contributed by atoms with Gasteiger partial charge in [-0.3, -0.25) is 4.79 Å². The molecule has 0 spiro atoms. The highest BCUT2D eigenvalue weighted by atomic mass is 28.4. The van der Waals surface area contributed by atoms with Crippen LogP contribution in [-0.4, -0.2) is 67.9 Å². The summed E-state index contributed by atoms with van der Waals surface area (Å²) in [7, 11) is -1.95. The average molecular weight is 531 g/mol. The summed E-state index contributed by atoms with van der Waals surface area (Å²) in [4.78, 5) is 13.6. The number of ether oxygens (including phenoxy) is 4. The first-order valence-electron chi connectivity index (χ1n) is 13.7. The normalized spacial score (nSPS) is 33.0. The van der Waals surface area contributed by atoms with Gasteiger partial charge in [-0.25, -0.2) is 0 Å².